The van der Waals surface area contributed by atoms with Crippen molar-refractivity contribution >= 4 is 0 Å². The first-order valence-corrected chi connectivity index (χ1v) is 9.63. The molecule has 0 saturated heterocycles. The lowest BCUT2D eigenvalue weighted by atomic mass is 9.67. The van der Waals surface area contributed by atoms with Crippen LogP contribution in [0.15, 0.2) is 24.3 Å². The van der Waals surface area contributed by atoms with Crippen molar-refractivity contribution in [3.8, 4) is 0 Å². The molecule has 1 aromatic rings. The quantitative estimate of drug-likeness (QED) is 0.557. The normalized spacial score (nSPS) is 33.3. The smallest absolute Gasteiger partial charge is 0.207 e. The second-order valence-corrected chi connectivity index (χ2v) is 7.95. The van der Waals surface area contributed by atoms with Gasteiger partial charge in [0.25, 0.3) is 5.92 Å². The average Bonchev–Trinajstić information content (AvgIpc) is 2.57. The Kier molecular flexibility index (Phi) is 5.56. The van der Waals surface area contributed by atoms with Gasteiger partial charge in [-0.1, -0.05) is 25.5 Å². The van der Waals surface area contributed by atoms with Crippen LogP contribution in [0.3, 0.4) is 0 Å². The third-order valence-corrected chi connectivity index (χ3v) is 6.43. The Morgan fingerprint density at radius 3 is 2.12 bits per heavy atom. The van der Waals surface area contributed by atoms with E-state index in [0.717, 1.165) is 38.5 Å². The molecule has 2 aliphatic carbocycles. The third-order valence-electron chi connectivity index (χ3n) is 6.43. The molecule has 0 aromatic heterocycles. The van der Waals surface area contributed by atoms with E-state index in [1.54, 1.807) is 0 Å². The highest BCUT2D eigenvalue weighted by Crippen LogP contribution is 2.49. The molecule has 0 nitrogen and oxygen atoms in total. The van der Waals surface area contributed by atoms with Crippen LogP contribution < -0.4 is 0 Å². The van der Waals surface area contributed by atoms with Crippen LogP contribution in [0.1, 0.15) is 76.2 Å². The number of halogens is 3. The maximum absolute atomic E-state index is 14.4. The molecule has 2 atom stereocenters. The van der Waals surface area contributed by atoms with E-state index in [1.165, 1.54) is 17.7 Å². The zero-order chi connectivity index (χ0) is 17.2. The summed E-state index contributed by atoms with van der Waals surface area (Å²) in [6.45, 7) is 2.00. The highest BCUT2D eigenvalue weighted by molar-refractivity contribution is 5.21. The van der Waals surface area contributed by atoms with Crippen LogP contribution in [0.25, 0.3) is 0 Å². The Morgan fingerprint density at radius 2 is 1.54 bits per heavy atom. The standard InChI is InChI=1S/C21H29F3/c1-2-3-19-11-8-18(14-21(19,23)24)17-6-4-15(5-7-17)16-9-12-20(22)13-10-16/h9-10,12-13,15,17-19H,2-8,11,14H2,1H3. The molecule has 134 valence electrons. The summed E-state index contributed by atoms with van der Waals surface area (Å²) < 4.78 is 41.9. The molecule has 2 aliphatic rings. The summed E-state index contributed by atoms with van der Waals surface area (Å²) in [6, 6.07) is 6.81. The lowest BCUT2D eigenvalue weighted by molar-refractivity contribution is -0.114. The number of benzene rings is 1. The van der Waals surface area contributed by atoms with Crippen LogP contribution in [0, 0.1) is 23.6 Å². The van der Waals surface area contributed by atoms with Crippen molar-refractivity contribution in [2.24, 2.45) is 17.8 Å². The molecule has 1 aromatic carbocycles. The van der Waals surface area contributed by atoms with Crippen molar-refractivity contribution in [1.29, 1.82) is 0 Å². The summed E-state index contributed by atoms with van der Waals surface area (Å²) in [5.41, 5.74) is 1.20. The van der Waals surface area contributed by atoms with Crippen LogP contribution in [-0.4, -0.2) is 5.92 Å². The minimum Gasteiger partial charge on any atom is -0.207 e. The van der Waals surface area contributed by atoms with E-state index in [4.69, 9.17) is 0 Å². The fraction of sp³-hybridized carbons (Fsp3) is 0.714. The molecule has 3 heteroatoms. The Bertz CT molecular complexity index is 514. The number of alkyl halides is 2. The SMILES string of the molecule is CCCC1CCC(C2CCC(c3ccc(F)cc3)CC2)CC1(F)F. The Hall–Kier alpha value is -0.990. The van der Waals surface area contributed by atoms with Crippen LogP contribution in [0.5, 0.6) is 0 Å². The highest BCUT2D eigenvalue weighted by Gasteiger charge is 2.46. The van der Waals surface area contributed by atoms with Gasteiger partial charge in [0.1, 0.15) is 5.82 Å². The van der Waals surface area contributed by atoms with Crippen molar-refractivity contribution in [2.45, 2.75) is 76.6 Å². The number of rotatable bonds is 4. The molecule has 0 aliphatic heterocycles. The first kappa shape index (κ1) is 17.8. The summed E-state index contributed by atoms with van der Waals surface area (Å²) in [6.07, 6.45) is 7.49. The maximum atomic E-state index is 14.4. The minimum absolute atomic E-state index is 0.101. The highest BCUT2D eigenvalue weighted by atomic mass is 19.3. The molecular weight excluding hydrogens is 309 g/mol. The fourth-order valence-electron chi connectivity index (χ4n) is 5.01. The van der Waals surface area contributed by atoms with Gasteiger partial charge in [-0.15, -0.1) is 0 Å². The lowest BCUT2D eigenvalue weighted by Gasteiger charge is -2.41. The lowest BCUT2D eigenvalue weighted by Crippen LogP contribution is -2.38. The van der Waals surface area contributed by atoms with Crippen molar-refractivity contribution in [3.63, 3.8) is 0 Å². The summed E-state index contributed by atoms with van der Waals surface area (Å²) in [5.74, 6) is -1.93. The van der Waals surface area contributed by atoms with Crippen LogP contribution in [0.2, 0.25) is 0 Å². The Balaban J connectivity index is 1.54. The monoisotopic (exact) mass is 338 g/mol. The van der Waals surface area contributed by atoms with Gasteiger partial charge >= 0.3 is 0 Å². The summed E-state index contributed by atoms with van der Waals surface area (Å²) >= 11 is 0. The van der Waals surface area contributed by atoms with Gasteiger partial charge in [-0.25, -0.2) is 13.2 Å². The summed E-state index contributed by atoms with van der Waals surface area (Å²) in [4.78, 5) is 0. The van der Waals surface area contributed by atoms with Crippen molar-refractivity contribution in [3.05, 3.63) is 35.6 Å². The zero-order valence-electron chi connectivity index (χ0n) is 14.6. The van der Waals surface area contributed by atoms with E-state index < -0.39 is 11.8 Å². The minimum atomic E-state index is -2.47. The van der Waals surface area contributed by atoms with E-state index in [9.17, 15) is 13.2 Å². The fourth-order valence-corrected chi connectivity index (χ4v) is 5.01. The second kappa shape index (κ2) is 7.49. The van der Waals surface area contributed by atoms with Gasteiger partial charge in [-0.3, -0.25) is 0 Å². The van der Waals surface area contributed by atoms with Gasteiger partial charge in [-0.05, 0) is 80.4 Å². The largest absolute Gasteiger partial charge is 0.251 e. The topological polar surface area (TPSA) is 0 Å². The molecule has 2 fully saturated rings. The van der Waals surface area contributed by atoms with Crippen molar-refractivity contribution in [2.75, 3.05) is 0 Å². The van der Waals surface area contributed by atoms with Crippen LogP contribution in [0.4, 0.5) is 13.2 Å². The van der Waals surface area contributed by atoms with Gasteiger partial charge in [0.05, 0.1) is 0 Å². The molecule has 0 N–H and O–H groups in total. The molecule has 24 heavy (non-hydrogen) atoms. The number of hydrogen-bond acceptors (Lipinski definition) is 0. The van der Waals surface area contributed by atoms with E-state index in [2.05, 4.69) is 0 Å². The van der Waals surface area contributed by atoms with Crippen LogP contribution >= 0.6 is 0 Å². The first-order valence-electron chi connectivity index (χ1n) is 9.63. The predicted molar refractivity (Wildman–Crippen MR) is 91.8 cm³/mol. The van der Waals surface area contributed by atoms with Gasteiger partial charge in [-0.2, -0.15) is 0 Å². The van der Waals surface area contributed by atoms with E-state index in [0.29, 0.717) is 24.7 Å². The van der Waals surface area contributed by atoms with E-state index in [1.807, 2.05) is 19.1 Å². The number of hydrogen-bond donors (Lipinski definition) is 0. The zero-order valence-corrected chi connectivity index (χ0v) is 14.6. The second-order valence-electron chi connectivity index (χ2n) is 7.95. The van der Waals surface area contributed by atoms with Crippen LogP contribution in [-0.2, 0) is 0 Å². The van der Waals surface area contributed by atoms with E-state index >= 15 is 0 Å². The first-order chi connectivity index (χ1) is 11.5. The molecule has 2 unspecified atom stereocenters. The van der Waals surface area contributed by atoms with Gasteiger partial charge < -0.3 is 0 Å². The molecule has 0 heterocycles. The molecule has 0 bridgehead atoms. The van der Waals surface area contributed by atoms with Gasteiger partial charge in [0.15, 0.2) is 0 Å². The molecule has 2 saturated carbocycles. The molecule has 3 rings (SSSR count). The van der Waals surface area contributed by atoms with Gasteiger partial charge in [0.2, 0.25) is 0 Å². The maximum Gasteiger partial charge on any atom is 0.251 e. The third kappa shape index (κ3) is 3.97. The Labute approximate surface area is 143 Å². The van der Waals surface area contributed by atoms with Crippen molar-refractivity contribution in [1.82, 2.24) is 0 Å². The molecule has 0 amide bonds. The van der Waals surface area contributed by atoms with Crippen molar-refractivity contribution < 1.29 is 13.2 Å². The molecular formula is C21H29F3. The molecule has 0 spiro atoms. The average molecular weight is 338 g/mol. The van der Waals surface area contributed by atoms with E-state index in [-0.39, 0.29) is 18.2 Å². The predicted octanol–water partition coefficient (Wildman–Crippen LogP) is 6.95. The van der Waals surface area contributed by atoms with Gasteiger partial charge in [0, 0.05) is 12.3 Å². The Morgan fingerprint density at radius 1 is 0.917 bits per heavy atom. The summed E-state index contributed by atoms with van der Waals surface area (Å²) in [5, 5.41) is 0. The molecule has 0 radical (unpaired) electrons. The summed E-state index contributed by atoms with van der Waals surface area (Å²) in [7, 11) is 0.